The second-order valence-corrected chi connectivity index (χ2v) is 11.8. The minimum atomic E-state index is -1.37. The zero-order valence-corrected chi connectivity index (χ0v) is 26.9. The highest BCUT2D eigenvalue weighted by Gasteiger charge is 2.53. The van der Waals surface area contributed by atoms with Crippen molar-refractivity contribution >= 4 is 17.9 Å². The highest BCUT2D eigenvalue weighted by molar-refractivity contribution is 5.77. The molecule has 41 heavy (non-hydrogen) atoms. The third-order valence-corrected chi connectivity index (χ3v) is 8.80. The summed E-state index contributed by atoms with van der Waals surface area (Å²) in [6.45, 7) is 7.51. The van der Waals surface area contributed by atoms with Gasteiger partial charge in [-0.05, 0) is 38.5 Å². The van der Waals surface area contributed by atoms with Crippen LogP contribution in [-0.4, -0.2) is 57.3 Å². The van der Waals surface area contributed by atoms with E-state index in [-0.39, 0.29) is 25.8 Å². The van der Waals surface area contributed by atoms with Crippen LogP contribution in [-0.2, 0) is 14.4 Å². The smallest absolute Gasteiger partial charge is 0.362 e. The molecule has 0 aliphatic rings. The van der Waals surface area contributed by atoms with Gasteiger partial charge in [0.05, 0.1) is 12.5 Å². The molecule has 3 atom stereocenters. The summed E-state index contributed by atoms with van der Waals surface area (Å²) in [5.41, 5.74) is 0. The first kappa shape index (κ1) is 39.1. The maximum absolute atomic E-state index is 12.2. The zero-order valence-electron chi connectivity index (χ0n) is 26.9. The fourth-order valence-corrected chi connectivity index (χ4v) is 6.60. The van der Waals surface area contributed by atoms with Crippen molar-refractivity contribution in [1.29, 1.82) is 0 Å². The van der Waals surface area contributed by atoms with E-state index in [9.17, 15) is 29.7 Å². The van der Waals surface area contributed by atoms with E-state index in [2.05, 4.69) is 19.1 Å². The van der Waals surface area contributed by atoms with Crippen molar-refractivity contribution in [1.82, 2.24) is 0 Å². The van der Waals surface area contributed by atoms with Crippen molar-refractivity contribution in [3.8, 4) is 0 Å². The number of carbonyl (C=O) groups is 3. The topological polar surface area (TPSA) is 115 Å². The summed E-state index contributed by atoms with van der Waals surface area (Å²) in [6.07, 6.45) is 26.7. The van der Waals surface area contributed by atoms with Crippen molar-refractivity contribution in [2.45, 2.75) is 181 Å². The van der Waals surface area contributed by atoms with Gasteiger partial charge in [0.2, 0.25) is 0 Å². The van der Waals surface area contributed by atoms with Crippen molar-refractivity contribution in [3.63, 3.8) is 0 Å². The molecule has 0 saturated carbocycles. The Bertz CT molecular complexity index is 667. The van der Waals surface area contributed by atoms with Crippen LogP contribution in [0.2, 0.25) is 0 Å². The summed E-state index contributed by atoms with van der Waals surface area (Å²) in [6, 6.07) is -3.40. The second kappa shape index (κ2) is 24.7. The Kier molecular flexibility index (Phi) is 23.5. The van der Waals surface area contributed by atoms with Crippen LogP contribution in [0.1, 0.15) is 163 Å². The van der Waals surface area contributed by atoms with E-state index in [0.717, 1.165) is 32.1 Å². The largest absolute Gasteiger partial charge is 0.544 e. The molecule has 0 heterocycles. The van der Waals surface area contributed by atoms with Gasteiger partial charge < -0.3 is 20.1 Å². The molecule has 0 saturated heterocycles. The molecule has 0 aliphatic carbocycles. The Balaban J connectivity index is 4.48. The van der Waals surface area contributed by atoms with E-state index >= 15 is 0 Å². The van der Waals surface area contributed by atoms with Crippen LogP contribution in [0, 0.1) is 0 Å². The first-order chi connectivity index (χ1) is 19.7. The first-order valence-corrected chi connectivity index (χ1v) is 16.9. The number of aliphatic carboxylic acids is 3. The fraction of sp³-hybridized carbons (Fsp3) is 0.853. The summed E-state index contributed by atoms with van der Waals surface area (Å²) in [7, 11) is 0. The van der Waals surface area contributed by atoms with Crippen molar-refractivity contribution in [2.24, 2.45) is 0 Å². The van der Waals surface area contributed by atoms with Crippen LogP contribution in [0.25, 0.3) is 0 Å². The third-order valence-electron chi connectivity index (χ3n) is 8.80. The summed E-state index contributed by atoms with van der Waals surface area (Å²) >= 11 is 0. The average Bonchev–Trinajstić information content (AvgIpc) is 2.92. The van der Waals surface area contributed by atoms with Gasteiger partial charge in [-0.1, -0.05) is 117 Å². The number of unbranched alkanes of at least 4 members (excludes halogenated alkanes) is 16. The number of rotatable bonds is 29. The van der Waals surface area contributed by atoms with Gasteiger partial charge in [0, 0.05) is 19.3 Å². The van der Waals surface area contributed by atoms with Crippen LogP contribution >= 0.6 is 0 Å². The zero-order chi connectivity index (χ0) is 30.9. The monoisotopic (exact) mass is 581 g/mol. The molecule has 7 nitrogen and oxygen atoms in total. The predicted molar refractivity (Wildman–Crippen MR) is 166 cm³/mol. The van der Waals surface area contributed by atoms with Crippen LogP contribution in [0.4, 0.5) is 0 Å². The molecular weight excluding hydrogens is 518 g/mol. The Labute approximate surface area is 251 Å². The third kappa shape index (κ3) is 15.2. The number of carboxylic acid groups (broad SMARTS) is 3. The van der Waals surface area contributed by atoms with Gasteiger partial charge in [0.1, 0.15) is 6.04 Å². The SMILES string of the molecule is CCCCCCCCCCCCCC/C=C/CCCCCC[N+](C(CC)C(=O)[O-])(C(CC)C(=O)O)C(CC)C(=O)O. The molecule has 0 aromatic carbocycles. The number of quaternary nitrogens is 1. The van der Waals surface area contributed by atoms with Gasteiger partial charge in [-0.25, -0.2) is 9.59 Å². The molecule has 0 bridgehead atoms. The Morgan fingerprint density at radius 3 is 1.22 bits per heavy atom. The molecular formula is C34H63NO6. The normalized spacial score (nSPS) is 15.4. The number of allylic oxidation sites excluding steroid dienone is 2. The summed E-state index contributed by atoms with van der Waals surface area (Å²) in [5, 5.41) is 32.1. The predicted octanol–water partition coefficient (Wildman–Crippen LogP) is 7.66. The van der Waals surface area contributed by atoms with Crippen LogP contribution in [0.15, 0.2) is 12.2 Å². The van der Waals surface area contributed by atoms with Crippen molar-refractivity contribution in [2.75, 3.05) is 6.54 Å². The molecule has 240 valence electrons. The first-order valence-electron chi connectivity index (χ1n) is 16.9. The maximum Gasteiger partial charge on any atom is 0.362 e. The Hall–Kier alpha value is -1.89. The molecule has 7 heteroatoms. The van der Waals surface area contributed by atoms with Gasteiger partial charge >= 0.3 is 11.9 Å². The number of hydrogen-bond acceptors (Lipinski definition) is 4. The van der Waals surface area contributed by atoms with E-state index in [4.69, 9.17) is 0 Å². The highest BCUT2D eigenvalue weighted by atomic mass is 16.4. The van der Waals surface area contributed by atoms with Gasteiger partial charge in [-0.2, -0.15) is 0 Å². The van der Waals surface area contributed by atoms with Crippen LogP contribution < -0.4 is 5.11 Å². The molecule has 0 amide bonds. The molecule has 0 radical (unpaired) electrons. The summed E-state index contributed by atoms with van der Waals surface area (Å²) in [4.78, 5) is 36.6. The standard InChI is InChI=1S/C34H63NO6/c1-5-9-10-11-12-13-14-15-16-17-18-19-20-21-22-23-24-25-26-27-28-35(29(6-2)32(36)37,30(7-3)33(38)39)31(8-4)34(40)41/h21-22,29-31H,5-20,23-28H2,1-4H3,(H2-,36,37,38,39,40,41)/b22-21+. The highest BCUT2D eigenvalue weighted by Crippen LogP contribution is 2.32. The van der Waals surface area contributed by atoms with Gasteiger partial charge in [-0.3, -0.25) is 4.48 Å². The van der Waals surface area contributed by atoms with E-state index in [1.54, 1.807) is 20.8 Å². The molecule has 0 aromatic rings. The molecule has 3 unspecified atom stereocenters. The number of carbonyl (C=O) groups excluding carboxylic acids is 1. The molecule has 0 fully saturated rings. The van der Waals surface area contributed by atoms with Crippen molar-refractivity contribution in [3.05, 3.63) is 12.2 Å². The van der Waals surface area contributed by atoms with Gasteiger partial charge in [0.25, 0.3) is 0 Å². The lowest BCUT2D eigenvalue weighted by atomic mass is 9.94. The molecule has 0 spiro atoms. The maximum atomic E-state index is 12.2. The molecule has 2 N–H and O–H groups in total. The van der Waals surface area contributed by atoms with Gasteiger partial charge in [0.15, 0.2) is 12.1 Å². The second-order valence-electron chi connectivity index (χ2n) is 11.8. The minimum absolute atomic E-state index is 0.125. The van der Waals surface area contributed by atoms with Crippen LogP contribution in [0.3, 0.4) is 0 Å². The molecule has 0 rings (SSSR count). The van der Waals surface area contributed by atoms with E-state index in [1.165, 1.54) is 77.0 Å². The summed E-state index contributed by atoms with van der Waals surface area (Å²) < 4.78 is -0.477. The Morgan fingerprint density at radius 1 is 0.561 bits per heavy atom. The fourth-order valence-electron chi connectivity index (χ4n) is 6.60. The lowest BCUT2D eigenvalue weighted by Crippen LogP contribution is -2.73. The van der Waals surface area contributed by atoms with E-state index in [0.29, 0.717) is 6.42 Å². The minimum Gasteiger partial charge on any atom is -0.544 e. The number of nitrogens with zero attached hydrogens (tertiary/aromatic N) is 1. The molecule has 0 aromatic heterocycles. The number of carboxylic acids is 3. The molecule has 0 aliphatic heterocycles. The van der Waals surface area contributed by atoms with Crippen LogP contribution in [0.5, 0.6) is 0 Å². The quantitative estimate of drug-likeness (QED) is 0.0532. The number of hydrogen-bond donors (Lipinski definition) is 2. The van der Waals surface area contributed by atoms with E-state index in [1.807, 2.05) is 0 Å². The lowest BCUT2D eigenvalue weighted by molar-refractivity contribution is -0.974. The Morgan fingerprint density at radius 2 is 0.902 bits per heavy atom. The van der Waals surface area contributed by atoms with Gasteiger partial charge in [-0.15, -0.1) is 0 Å². The van der Waals surface area contributed by atoms with Crippen molar-refractivity contribution < 1.29 is 34.2 Å². The lowest BCUT2D eigenvalue weighted by Gasteiger charge is -2.51. The summed E-state index contributed by atoms with van der Waals surface area (Å²) in [5.74, 6) is -3.67. The average molecular weight is 582 g/mol. The van der Waals surface area contributed by atoms with E-state index < -0.39 is 40.5 Å².